The Balaban J connectivity index is 0.705. The number of fused-ring (bicyclic) bond motifs is 3. The van der Waals surface area contributed by atoms with Crippen molar-refractivity contribution in [2.75, 3.05) is 45.9 Å². The number of quaternary nitrogens is 1. The van der Waals surface area contributed by atoms with E-state index < -0.39 is 0 Å². The zero-order valence-electron chi connectivity index (χ0n) is 43.4. The number of nitrogens with zero attached hydrogens (tertiary/aromatic N) is 5. The van der Waals surface area contributed by atoms with Crippen molar-refractivity contribution in [1.82, 2.24) is 31.3 Å². The number of amides is 1. The Morgan fingerprint density at radius 1 is 0.972 bits per heavy atom. The fourth-order valence-corrected chi connectivity index (χ4v) is 17.9. The number of hydrogen-bond acceptors (Lipinski definition) is 12. The van der Waals surface area contributed by atoms with Crippen LogP contribution in [0.3, 0.4) is 0 Å². The molecule has 0 aromatic heterocycles. The number of ether oxygens (including phenoxy) is 3. The lowest BCUT2D eigenvalue weighted by molar-refractivity contribution is -0.968. The van der Waals surface area contributed by atoms with Gasteiger partial charge in [0, 0.05) is 72.3 Å². The minimum atomic E-state index is -0.285. The molecule has 15 heteroatoms. The van der Waals surface area contributed by atoms with Gasteiger partial charge in [0.05, 0.1) is 72.6 Å². The molecule has 386 valence electrons. The molecule has 13 nitrogen and oxygen atoms in total. The van der Waals surface area contributed by atoms with Crippen LogP contribution in [0.4, 0.5) is 0 Å². The number of thioether (sulfide) groups is 1. The predicted molar refractivity (Wildman–Crippen MR) is 281 cm³/mol. The van der Waals surface area contributed by atoms with Crippen LogP contribution in [0.1, 0.15) is 130 Å². The van der Waals surface area contributed by atoms with Crippen molar-refractivity contribution >= 4 is 35.0 Å². The zero-order valence-corrected chi connectivity index (χ0v) is 45.0. The summed E-state index contributed by atoms with van der Waals surface area (Å²) in [4.78, 5) is 25.7. The van der Waals surface area contributed by atoms with Crippen molar-refractivity contribution in [3.63, 3.8) is 0 Å². The lowest BCUT2D eigenvalue weighted by Gasteiger charge is -2.63. The van der Waals surface area contributed by atoms with Crippen LogP contribution in [0.15, 0.2) is 47.5 Å². The Morgan fingerprint density at radius 2 is 1.69 bits per heavy atom. The fourth-order valence-electron chi connectivity index (χ4n) is 15.8. The molecular formula is C56H81ClN9O4S+. The van der Waals surface area contributed by atoms with Gasteiger partial charge in [0.15, 0.2) is 0 Å². The minimum absolute atomic E-state index is 0.0107. The maximum absolute atomic E-state index is 14.5. The lowest BCUT2D eigenvalue weighted by Crippen LogP contribution is -2.75. The summed E-state index contributed by atoms with van der Waals surface area (Å²) in [5.41, 5.74) is 9.88. The van der Waals surface area contributed by atoms with Crippen LogP contribution in [0.2, 0.25) is 5.02 Å². The summed E-state index contributed by atoms with van der Waals surface area (Å²) in [5, 5.41) is 17.8. The van der Waals surface area contributed by atoms with E-state index in [-0.39, 0.29) is 65.5 Å². The molecule has 8 fully saturated rings. The van der Waals surface area contributed by atoms with E-state index in [2.05, 4.69) is 122 Å². The Morgan fingerprint density at radius 3 is 2.37 bits per heavy atom. The first-order valence-electron chi connectivity index (χ1n) is 27.5. The van der Waals surface area contributed by atoms with E-state index in [1.54, 1.807) is 12.1 Å². The average Bonchev–Trinajstić information content (AvgIpc) is 4.00. The largest absolute Gasteiger partial charge is 0.490 e. The number of hydrogen-bond donors (Lipinski definition) is 4. The fraction of sp³-hybridized carbons (Fsp3) is 0.732. The van der Waals surface area contributed by atoms with Gasteiger partial charge in [0.25, 0.3) is 0 Å². The van der Waals surface area contributed by atoms with Crippen molar-refractivity contribution in [2.45, 2.75) is 179 Å². The monoisotopic (exact) mass is 1010 g/mol. The van der Waals surface area contributed by atoms with Crippen molar-refractivity contribution in [3.8, 4) is 17.6 Å². The molecule has 0 bridgehead atoms. The maximum Gasteiger partial charge on any atom is 0.229 e. The van der Waals surface area contributed by atoms with Crippen molar-refractivity contribution < 1.29 is 23.5 Å². The highest BCUT2D eigenvalue weighted by Gasteiger charge is 2.65. The Kier molecular flexibility index (Phi) is 13.9. The number of hydrazine groups is 1. The minimum Gasteiger partial charge on any atom is -0.490 e. The van der Waals surface area contributed by atoms with Crippen molar-refractivity contribution in [2.24, 2.45) is 39.0 Å². The maximum atomic E-state index is 14.5. The molecule has 2 spiro atoms. The molecular weight excluding hydrogens is 930 g/mol. The standard InChI is InChI=1S/C56H80ClN9O4S/c1-34-35(2)71-51-47(34)48(60-44(29-45-59-22-27-68-45)49-63-62-36(3)65(49)51)37-12-16-40(17-13-37)69-42-30-56(31-42)20-23-64(24-21-56)46-19-15-39(33-66(46)25-10-8-9-11-26-66)50(67)61-52-54(4,5)53(55(52,6)7)70-41-18-14-38(32-58)43(57)28-41/h12-14,16-18,28,34-36,39,42,44-47,49,51-53,59,62-63H,8-11,15,19-27,29-31,33H2,1-7H3/p+1/t34?,35?,36?,39?,44-,45?,46?,47?,49?,51?,52?,53?/m0/s1. The molecule has 2 aromatic carbocycles. The van der Waals surface area contributed by atoms with E-state index >= 15 is 0 Å². The van der Waals surface area contributed by atoms with Gasteiger partial charge in [0.2, 0.25) is 5.91 Å². The molecule has 2 aromatic rings. The van der Waals surface area contributed by atoms with Gasteiger partial charge in [-0.1, -0.05) is 53.1 Å². The van der Waals surface area contributed by atoms with Gasteiger partial charge in [0.1, 0.15) is 36.1 Å². The highest BCUT2D eigenvalue weighted by atomic mass is 35.5. The summed E-state index contributed by atoms with van der Waals surface area (Å²) >= 11 is 8.49. The number of piperidine rings is 2. The number of nitriles is 1. The van der Waals surface area contributed by atoms with Crippen molar-refractivity contribution in [3.05, 3.63) is 58.6 Å². The zero-order chi connectivity index (χ0) is 49.5. The SMILES string of the molecule is CC1SC2C(C(c3ccc(OC4CC5(CCN(C6CCC(C(=O)NC7C(C)(C)C(Oc8ccc(C#N)c(Cl)c8)C7(C)C)C[N+]67CCCCCC7)CC5)C4)cc3)=N[C@@H](CC3NCCO3)C3NNC(C)N23)C1C. The number of carbonyl (C=O) groups excluding carboxylic acids is 1. The number of halogens is 1. The van der Waals surface area contributed by atoms with Crippen LogP contribution < -0.4 is 31.0 Å². The van der Waals surface area contributed by atoms with Gasteiger partial charge in [-0.2, -0.15) is 5.26 Å². The third-order valence-corrected chi connectivity index (χ3v) is 21.5. The van der Waals surface area contributed by atoms with E-state index in [0.29, 0.717) is 50.4 Å². The molecule has 9 unspecified atom stereocenters. The topological polar surface area (TPSA) is 136 Å². The second kappa shape index (κ2) is 19.6. The van der Waals surface area contributed by atoms with E-state index in [1.807, 2.05) is 6.07 Å². The number of carbonyl (C=O) groups is 1. The number of aliphatic imine (C=N–C) groups is 1. The highest BCUT2D eigenvalue weighted by molar-refractivity contribution is 8.00. The van der Waals surface area contributed by atoms with Gasteiger partial charge >= 0.3 is 0 Å². The summed E-state index contributed by atoms with van der Waals surface area (Å²) < 4.78 is 20.5. The summed E-state index contributed by atoms with van der Waals surface area (Å²) in [6.07, 6.45) is 13.7. The van der Waals surface area contributed by atoms with Gasteiger partial charge in [-0.3, -0.25) is 24.9 Å². The van der Waals surface area contributed by atoms with Gasteiger partial charge in [-0.15, -0.1) is 11.8 Å². The number of benzene rings is 2. The van der Waals surface area contributed by atoms with Crippen LogP contribution in [-0.2, 0) is 9.53 Å². The number of nitrogens with one attached hydrogen (secondary N) is 4. The number of likely N-dealkylation sites (tertiary alicyclic amines) is 1. The van der Waals surface area contributed by atoms with E-state index in [1.165, 1.54) is 62.9 Å². The second-order valence-electron chi connectivity index (χ2n) is 24.7. The highest BCUT2D eigenvalue weighted by Crippen LogP contribution is 2.57. The van der Waals surface area contributed by atoms with Crippen LogP contribution in [0.25, 0.3) is 0 Å². The number of rotatable bonds is 10. The first-order chi connectivity index (χ1) is 34.1. The van der Waals surface area contributed by atoms with Crippen molar-refractivity contribution in [1.29, 1.82) is 5.26 Å². The molecule has 6 saturated heterocycles. The third-order valence-electron chi connectivity index (χ3n) is 19.5. The quantitative estimate of drug-likeness (QED) is 0.172. The predicted octanol–water partition coefficient (Wildman–Crippen LogP) is 8.26. The molecule has 7 aliphatic heterocycles. The second-order valence-corrected chi connectivity index (χ2v) is 26.6. The smallest absolute Gasteiger partial charge is 0.229 e. The van der Waals surface area contributed by atoms with Crippen LogP contribution in [0.5, 0.6) is 11.5 Å². The first-order valence-corrected chi connectivity index (χ1v) is 28.8. The van der Waals surface area contributed by atoms with Crippen LogP contribution >= 0.6 is 23.4 Å². The summed E-state index contributed by atoms with van der Waals surface area (Å²) in [6.45, 7) is 23.1. The molecule has 11 rings (SSSR count). The summed E-state index contributed by atoms with van der Waals surface area (Å²) in [5.74, 6) is 2.68. The van der Waals surface area contributed by atoms with Crippen LogP contribution in [0, 0.1) is 45.3 Å². The molecule has 10 atom stereocenters. The molecule has 2 aliphatic carbocycles. The van der Waals surface area contributed by atoms with Gasteiger partial charge in [-0.05, 0) is 118 Å². The van der Waals surface area contributed by atoms with Gasteiger partial charge < -0.3 is 24.0 Å². The molecule has 7 heterocycles. The third kappa shape index (κ3) is 9.25. The van der Waals surface area contributed by atoms with E-state index in [0.717, 1.165) is 75.1 Å². The van der Waals surface area contributed by atoms with Gasteiger partial charge in [-0.25, -0.2) is 10.9 Å². The molecule has 1 amide bonds. The Bertz CT molecular complexity index is 2320. The Labute approximate surface area is 432 Å². The normalized spacial score (nSPS) is 37.4. The van der Waals surface area contributed by atoms with Crippen LogP contribution in [-0.4, -0.2) is 131 Å². The lowest BCUT2D eigenvalue weighted by atomic mass is 9.49. The summed E-state index contributed by atoms with van der Waals surface area (Å²) in [7, 11) is 0. The molecule has 71 heavy (non-hydrogen) atoms. The molecule has 4 N–H and O–H groups in total. The summed E-state index contributed by atoms with van der Waals surface area (Å²) in [6, 6.07) is 16.4. The van der Waals surface area contributed by atoms with E-state index in [4.69, 9.17) is 30.8 Å². The average molecular weight is 1010 g/mol. The first kappa shape index (κ1) is 50.2. The van der Waals surface area contributed by atoms with E-state index in [9.17, 15) is 10.1 Å². The Hall–Kier alpha value is -2.97. The molecule has 0 radical (unpaired) electrons. The molecule has 9 aliphatic rings. The molecule has 2 saturated carbocycles.